The van der Waals surface area contributed by atoms with Crippen molar-refractivity contribution in [3.05, 3.63) is 68.3 Å². The highest BCUT2D eigenvalue weighted by molar-refractivity contribution is 5.88. The van der Waals surface area contributed by atoms with E-state index >= 15 is 0 Å². The summed E-state index contributed by atoms with van der Waals surface area (Å²) in [5, 5.41) is 21.7. The zero-order valence-electron chi connectivity index (χ0n) is 10.1. The van der Waals surface area contributed by atoms with Crippen LogP contribution in [0.1, 0.15) is 10.4 Å². The molecule has 0 unspecified atom stereocenters. The van der Waals surface area contributed by atoms with Gasteiger partial charge in [0.2, 0.25) is 0 Å². The van der Waals surface area contributed by atoms with Gasteiger partial charge < -0.3 is 0 Å². The van der Waals surface area contributed by atoms with Crippen LogP contribution in [0, 0.1) is 20.2 Å². The molecular weight excluding hydrogens is 264 g/mol. The molecule has 0 aliphatic heterocycles. The van der Waals surface area contributed by atoms with Crippen molar-refractivity contribution in [2.75, 3.05) is 0 Å². The molecule has 0 saturated heterocycles. The third-order valence-corrected chi connectivity index (χ3v) is 2.72. The van der Waals surface area contributed by atoms with E-state index in [0.29, 0.717) is 17.4 Å². The second kappa shape index (κ2) is 5.27. The minimum Gasteiger partial charge on any atom is -0.298 e. The van der Waals surface area contributed by atoms with E-state index in [2.05, 4.69) is 0 Å². The Hall–Kier alpha value is -3.09. The fourth-order valence-electron chi connectivity index (χ4n) is 1.82. The maximum Gasteiger partial charge on any atom is 0.276 e. The molecule has 0 aromatic heterocycles. The molecule has 2 rings (SSSR count). The number of non-ortho nitro benzene ring substituents is 2. The first kappa shape index (κ1) is 13.3. The molecule has 2 aromatic rings. The number of carbonyl (C=O) groups excluding carboxylic acids is 1. The predicted molar refractivity (Wildman–Crippen MR) is 70.6 cm³/mol. The van der Waals surface area contributed by atoms with Crippen molar-refractivity contribution in [3.8, 4) is 11.1 Å². The van der Waals surface area contributed by atoms with E-state index in [-0.39, 0.29) is 5.56 Å². The second-order valence-corrected chi connectivity index (χ2v) is 3.96. The summed E-state index contributed by atoms with van der Waals surface area (Å²) in [6, 6.07) is 9.68. The van der Waals surface area contributed by atoms with E-state index in [1.54, 1.807) is 18.2 Å². The van der Waals surface area contributed by atoms with Crippen LogP contribution < -0.4 is 0 Å². The van der Waals surface area contributed by atoms with Gasteiger partial charge in [-0.05, 0) is 11.1 Å². The zero-order chi connectivity index (χ0) is 14.7. The quantitative estimate of drug-likeness (QED) is 0.483. The molecule has 7 nitrogen and oxygen atoms in total. The molecule has 0 atom stereocenters. The Labute approximate surface area is 112 Å². The van der Waals surface area contributed by atoms with Crippen molar-refractivity contribution in [3.63, 3.8) is 0 Å². The van der Waals surface area contributed by atoms with Crippen molar-refractivity contribution in [1.29, 1.82) is 0 Å². The average Bonchev–Trinajstić information content (AvgIpc) is 2.46. The van der Waals surface area contributed by atoms with Gasteiger partial charge in [-0.25, -0.2) is 0 Å². The summed E-state index contributed by atoms with van der Waals surface area (Å²) in [7, 11) is 0. The van der Waals surface area contributed by atoms with Gasteiger partial charge in [0.25, 0.3) is 11.4 Å². The lowest BCUT2D eigenvalue weighted by atomic mass is 9.99. The van der Waals surface area contributed by atoms with E-state index < -0.39 is 21.2 Å². The highest BCUT2D eigenvalue weighted by Crippen LogP contribution is 2.31. The van der Waals surface area contributed by atoms with Crippen molar-refractivity contribution in [1.82, 2.24) is 0 Å². The average molecular weight is 272 g/mol. The van der Waals surface area contributed by atoms with Crippen LogP contribution in [0.3, 0.4) is 0 Å². The molecule has 0 bridgehead atoms. The van der Waals surface area contributed by atoms with Crippen LogP contribution in [0.5, 0.6) is 0 Å². The zero-order valence-corrected chi connectivity index (χ0v) is 10.1. The van der Waals surface area contributed by atoms with E-state index in [9.17, 15) is 25.0 Å². The van der Waals surface area contributed by atoms with Gasteiger partial charge >= 0.3 is 0 Å². The predicted octanol–water partition coefficient (Wildman–Crippen LogP) is 2.98. The first-order valence-corrected chi connectivity index (χ1v) is 5.51. The molecule has 0 aliphatic carbocycles. The first-order valence-electron chi connectivity index (χ1n) is 5.51. The molecule has 7 heteroatoms. The third kappa shape index (κ3) is 2.51. The maximum atomic E-state index is 11.0. The molecule has 20 heavy (non-hydrogen) atoms. The maximum absolute atomic E-state index is 11.0. The van der Waals surface area contributed by atoms with Crippen LogP contribution >= 0.6 is 0 Å². The summed E-state index contributed by atoms with van der Waals surface area (Å²) in [4.78, 5) is 31.2. The Morgan fingerprint density at radius 2 is 1.45 bits per heavy atom. The number of benzene rings is 2. The molecule has 0 fully saturated rings. The lowest BCUT2D eigenvalue weighted by Crippen LogP contribution is -1.95. The standard InChI is InChI=1S/C13H8N2O5/c16-8-9-3-1-2-4-13(9)10-5-11(14(17)18)7-12(6-10)15(19)20/h1-8H. The number of nitrogens with zero attached hydrogens (tertiary/aromatic N) is 2. The summed E-state index contributed by atoms with van der Waals surface area (Å²) >= 11 is 0. The van der Waals surface area contributed by atoms with Gasteiger partial charge in [0.1, 0.15) is 0 Å². The number of hydrogen-bond donors (Lipinski definition) is 0. The summed E-state index contributed by atoms with van der Waals surface area (Å²) in [5.41, 5.74) is 0.190. The van der Waals surface area contributed by atoms with Crippen LogP contribution in [-0.2, 0) is 0 Å². The Morgan fingerprint density at radius 1 is 0.900 bits per heavy atom. The number of hydrogen-bond acceptors (Lipinski definition) is 5. The van der Waals surface area contributed by atoms with Crippen molar-refractivity contribution >= 4 is 17.7 Å². The Balaban J connectivity index is 2.70. The third-order valence-electron chi connectivity index (χ3n) is 2.72. The van der Waals surface area contributed by atoms with Gasteiger partial charge in [-0.15, -0.1) is 0 Å². The van der Waals surface area contributed by atoms with E-state index in [4.69, 9.17) is 0 Å². The van der Waals surface area contributed by atoms with Crippen LogP contribution in [-0.4, -0.2) is 16.1 Å². The molecule has 0 saturated carbocycles. The Kier molecular flexibility index (Phi) is 3.52. The fraction of sp³-hybridized carbons (Fsp3) is 0. The topological polar surface area (TPSA) is 103 Å². The SMILES string of the molecule is O=Cc1ccccc1-c1cc([N+](=O)[O-])cc([N+](=O)[O-])c1. The number of rotatable bonds is 4. The Bertz CT molecular complexity index is 679. The molecule has 100 valence electrons. The van der Waals surface area contributed by atoms with E-state index in [1.165, 1.54) is 18.2 Å². The van der Waals surface area contributed by atoms with Gasteiger partial charge in [-0.3, -0.25) is 25.0 Å². The number of carbonyl (C=O) groups is 1. The minimum atomic E-state index is -0.708. The molecule has 2 aromatic carbocycles. The Morgan fingerprint density at radius 3 is 1.95 bits per heavy atom. The molecule has 0 N–H and O–H groups in total. The smallest absolute Gasteiger partial charge is 0.276 e. The lowest BCUT2D eigenvalue weighted by molar-refractivity contribution is -0.394. The van der Waals surface area contributed by atoms with Crippen molar-refractivity contribution in [2.45, 2.75) is 0 Å². The van der Waals surface area contributed by atoms with Gasteiger partial charge in [-0.2, -0.15) is 0 Å². The van der Waals surface area contributed by atoms with Crippen molar-refractivity contribution in [2.24, 2.45) is 0 Å². The molecular formula is C13H8N2O5. The second-order valence-electron chi connectivity index (χ2n) is 3.96. The normalized spacial score (nSPS) is 10.0. The number of aldehydes is 1. The molecule has 0 radical (unpaired) electrons. The molecule has 0 heterocycles. The molecule has 0 spiro atoms. The summed E-state index contributed by atoms with van der Waals surface area (Å²) < 4.78 is 0. The van der Waals surface area contributed by atoms with Crippen LogP contribution in [0.25, 0.3) is 11.1 Å². The summed E-state index contributed by atoms with van der Waals surface area (Å²) in [6.07, 6.45) is 0.597. The van der Waals surface area contributed by atoms with Gasteiger partial charge in [0.05, 0.1) is 15.9 Å². The monoisotopic (exact) mass is 272 g/mol. The summed E-state index contributed by atoms with van der Waals surface area (Å²) in [6.45, 7) is 0. The highest BCUT2D eigenvalue weighted by atomic mass is 16.6. The molecule has 0 amide bonds. The van der Waals surface area contributed by atoms with Gasteiger partial charge in [0.15, 0.2) is 6.29 Å². The lowest BCUT2D eigenvalue weighted by Gasteiger charge is -2.05. The fourth-order valence-corrected chi connectivity index (χ4v) is 1.82. The largest absolute Gasteiger partial charge is 0.298 e. The number of nitro benzene ring substituents is 2. The first-order chi connectivity index (χ1) is 9.52. The van der Waals surface area contributed by atoms with E-state index in [1.807, 2.05) is 0 Å². The number of nitro groups is 2. The van der Waals surface area contributed by atoms with Crippen LogP contribution in [0.2, 0.25) is 0 Å². The van der Waals surface area contributed by atoms with E-state index in [0.717, 1.165) is 6.07 Å². The molecule has 0 aliphatic rings. The summed E-state index contributed by atoms with van der Waals surface area (Å²) in [5.74, 6) is 0. The van der Waals surface area contributed by atoms with Crippen LogP contribution in [0.15, 0.2) is 42.5 Å². The van der Waals surface area contributed by atoms with Gasteiger partial charge in [-0.1, -0.05) is 24.3 Å². The minimum absolute atomic E-state index is 0.258. The highest BCUT2D eigenvalue weighted by Gasteiger charge is 2.18. The van der Waals surface area contributed by atoms with Crippen LogP contribution in [0.4, 0.5) is 11.4 Å². The van der Waals surface area contributed by atoms with Gasteiger partial charge in [0, 0.05) is 17.7 Å². The van der Waals surface area contributed by atoms with Crippen molar-refractivity contribution < 1.29 is 14.6 Å².